The maximum absolute atomic E-state index is 13.3. The van der Waals surface area contributed by atoms with Crippen LogP contribution in [0.4, 0.5) is 37.8 Å². The van der Waals surface area contributed by atoms with Gasteiger partial charge in [-0.2, -0.15) is 31.4 Å². The van der Waals surface area contributed by atoms with Crippen molar-refractivity contribution in [1.29, 1.82) is 0 Å². The molecule has 0 unspecified atom stereocenters. The highest BCUT2D eigenvalue weighted by Gasteiger charge is 2.34. The first-order valence-electron chi connectivity index (χ1n) is 8.57. The summed E-state index contributed by atoms with van der Waals surface area (Å²) in [5.41, 5.74) is -1.39. The molecular formula is C19H10F6N6. The highest BCUT2D eigenvalue weighted by molar-refractivity contribution is 5.90. The molecule has 0 saturated heterocycles. The van der Waals surface area contributed by atoms with Crippen LogP contribution in [0, 0.1) is 0 Å². The number of rotatable bonds is 3. The van der Waals surface area contributed by atoms with Gasteiger partial charge in [0, 0.05) is 24.2 Å². The fraction of sp³-hybridized carbons (Fsp3) is 0.105. The minimum absolute atomic E-state index is 0.0829. The van der Waals surface area contributed by atoms with E-state index in [2.05, 4.69) is 30.5 Å². The van der Waals surface area contributed by atoms with Gasteiger partial charge in [0.15, 0.2) is 0 Å². The number of pyridine rings is 3. The van der Waals surface area contributed by atoms with Crippen LogP contribution >= 0.6 is 0 Å². The van der Waals surface area contributed by atoms with Gasteiger partial charge in [-0.3, -0.25) is 9.97 Å². The highest BCUT2D eigenvalue weighted by Crippen LogP contribution is 2.36. The van der Waals surface area contributed by atoms with Gasteiger partial charge in [-0.15, -0.1) is 5.10 Å². The summed E-state index contributed by atoms with van der Waals surface area (Å²) in [6.07, 6.45) is -4.75. The van der Waals surface area contributed by atoms with Crippen LogP contribution in [-0.4, -0.2) is 25.1 Å². The molecule has 4 rings (SSSR count). The lowest BCUT2D eigenvalue weighted by Crippen LogP contribution is -2.08. The Morgan fingerprint density at radius 1 is 0.806 bits per heavy atom. The zero-order valence-electron chi connectivity index (χ0n) is 15.2. The van der Waals surface area contributed by atoms with Crippen LogP contribution in [0.5, 0.6) is 0 Å². The molecule has 0 radical (unpaired) electrons. The Hall–Kier alpha value is -3.83. The van der Waals surface area contributed by atoms with Gasteiger partial charge in [0.2, 0.25) is 0 Å². The van der Waals surface area contributed by atoms with Crippen molar-refractivity contribution >= 4 is 22.5 Å². The number of anilines is 2. The molecule has 0 spiro atoms. The second-order valence-corrected chi connectivity index (χ2v) is 6.30. The molecule has 0 atom stereocenters. The molecule has 0 aromatic carbocycles. The van der Waals surface area contributed by atoms with Crippen molar-refractivity contribution in [3.63, 3.8) is 0 Å². The molecule has 1 N–H and O–H groups in total. The zero-order chi connectivity index (χ0) is 22.2. The largest absolute Gasteiger partial charge is 0.418 e. The summed E-state index contributed by atoms with van der Waals surface area (Å²) >= 11 is 0. The van der Waals surface area contributed by atoms with Crippen molar-refractivity contribution in [3.8, 4) is 11.3 Å². The quantitative estimate of drug-likeness (QED) is 0.442. The average Bonchev–Trinajstić information content (AvgIpc) is 2.73. The van der Waals surface area contributed by atoms with E-state index in [9.17, 15) is 26.3 Å². The first kappa shape index (κ1) is 20.4. The Bertz CT molecular complexity index is 1240. The molecule has 6 nitrogen and oxygen atoms in total. The second kappa shape index (κ2) is 7.45. The van der Waals surface area contributed by atoms with Crippen LogP contribution < -0.4 is 5.32 Å². The third-order valence-corrected chi connectivity index (χ3v) is 4.22. The normalized spacial score (nSPS) is 12.2. The number of halogens is 6. The molecule has 0 fully saturated rings. The number of fused-ring (bicyclic) bond motifs is 1. The number of hydrogen-bond donors (Lipinski definition) is 1. The van der Waals surface area contributed by atoms with Crippen molar-refractivity contribution < 1.29 is 26.3 Å². The third-order valence-electron chi connectivity index (χ3n) is 4.22. The molecular weight excluding hydrogens is 426 g/mol. The SMILES string of the molecule is FC(F)(F)c1ccc(Nc2cnnc3cc(-c4ncccc4C(F)(F)F)cnc23)nc1. The Labute approximate surface area is 170 Å². The topological polar surface area (TPSA) is 76.5 Å². The molecule has 0 saturated carbocycles. The maximum Gasteiger partial charge on any atom is 0.418 e. The molecule has 0 aliphatic rings. The van der Waals surface area contributed by atoms with Gasteiger partial charge in [-0.1, -0.05) is 0 Å². The summed E-state index contributed by atoms with van der Waals surface area (Å²) in [6, 6.07) is 5.43. The van der Waals surface area contributed by atoms with Crippen LogP contribution in [0.25, 0.3) is 22.3 Å². The van der Waals surface area contributed by atoms with E-state index in [1.807, 2.05) is 0 Å². The lowest BCUT2D eigenvalue weighted by atomic mass is 10.1. The monoisotopic (exact) mass is 436 g/mol. The van der Waals surface area contributed by atoms with E-state index >= 15 is 0 Å². The summed E-state index contributed by atoms with van der Waals surface area (Å²) in [5, 5.41) is 10.4. The standard InChI is InChI=1S/C19H10F6N6/c20-18(21,22)11-3-4-15(27-8-11)30-14-9-29-31-13-6-10(7-28-17(13)14)16-12(19(23,24)25)2-1-5-26-16/h1-9H,(H,27,30,31). The maximum atomic E-state index is 13.3. The summed E-state index contributed by atoms with van der Waals surface area (Å²) in [6.45, 7) is 0. The van der Waals surface area contributed by atoms with Crippen LogP contribution in [-0.2, 0) is 12.4 Å². The van der Waals surface area contributed by atoms with Crippen molar-refractivity contribution in [2.24, 2.45) is 0 Å². The smallest absolute Gasteiger partial charge is 0.337 e. The number of aromatic nitrogens is 5. The molecule has 0 aliphatic heterocycles. The van der Waals surface area contributed by atoms with Gasteiger partial charge in [0.25, 0.3) is 0 Å². The number of alkyl halides is 6. The minimum atomic E-state index is -4.61. The van der Waals surface area contributed by atoms with E-state index in [0.717, 1.165) is 18.2 Å². The molecule has 158 valence electrons. The molecule has 12 heteroatoms. The van der Waals surface area contributed by atoms with Gasteiger partial charge in [0.1, 0.15) is 16.9 Å². The van der Waals surface area contributed by atoms with Gasteiger partial charge in [-0.05, 0) is 30.3 Å². The lowest BCUT2D eigenvalue weighted by molar-refractivity contribution is -0.138. The van der Waals surface area contributed by atoms with Crippen molar-refractivity contribution in [2.75, 3.05) is 5.32 Å². The highest BCUT2D eigenvalue weighted by atomic mass is 19.4. The van der Waals surface area contributed by atoms with Crippen molar-refractivity contribution in [1.82, 2.24) is 25.1 Å². The van der Waals surface area contributed by atoms with Gasteiger partial charge in [-0.25, -0.2) is 4.98 Å². The summed E-state index contributed by atoms with van der Waals surface area (Å²) < 4.78 is 77.9. The van der Waals surface area contributed by atoms with E-state index in [4.69, 9.17) is 0 Å². The number of nitrogens with zero attached hydrogens (tertiary/aromatic N) is 5. The first-order valence-corrected chi connectivity index (χ1v) is 8.57. The summed E-state index contributed by atoms with van der Waals surface area (Å²) in [4.78, 5) is 11.7. The van der Waals surface area contributed by atoms with E-state index in [1.165, 1.54) is 30.7 Å². The summed E-state index contributed by atoms with van der Waals surface area (Å²) in [5.74, 6) is 0.0947. The van der Waals surface area contributed by atoms with Crippen LogP contribution in [0.2, 0.25) is 0 Å². The Balaban J connectivity index is 1.70. The predicted octanol–water partition coefficient (Wildman–Crippen LogP) is 5.26. The van der Waals surface area contributed by atoms with E-state index in [1.54, 1.807) is 0 Å². The average molecular weight is 436 g/mol. The molecule has 4 aromatic rings. The molecule has 4 aromatic heterocycles. The van der Waals surface area contributed by atoms with Gasteiger partial charge in [0.05, 0.1) is 28.7 Å². The zero-order valence-corrected chi connectivity index (χ0v) is 15.2. The Morgan fingerprint density at radius 3 is 2.29 bits per heavy atom. The van der Waals surface area contributed by atoms with Crippen molar-refractivity contribution in [3.05, 3.63) is 66.2 Å². The van der Waals surface area contributed by atoms with Crippen LogP contribution in [0.15, 0.2) is 55.1 Å². The van der Waals surface area contributed by atoms with Crippen molar-refractivity contribution in [2.45, 2.75) is 12.4 Å². The first-order chi connectivity index (χ1) is 14.6. The molecule has 0 bridgehead atoms. The van der Waals surface area contributed by atoms with Crippen LogP contribution in [0.3, 0.4) is 0 Å². The van der Waals surface area contributed by atoms with Gasteiger partial charge >= 0.3 is 12.4 Å². The van der Waals surface area contributed by atoms with E-state index < -0.39 is 23.5 Å². The Morgan fingerprint density at radius 2 is 1.61 bits per heavy atom. The lowest BCUT2D eigenvalue weighted by Gasteiger charge is -2.12. The predicted molar refractivity (Wildman–Crippen MR) is 98.1 cm³/mol. The molecule has 31 heavy (non-hydrogen) atoms. The Kier molecular flexibility index (Phi) is 4.91. The fourth-order valence-corrected chi connectivity index (χ4v) is 2.81. The third kappa shape index (κ3) is 4.22. The minimum Gasteiger partial charge on any atom is -0.337 e. The molecule has 0 amide bonds. The van der Waals surface area contributed by atoms with E-state index in [0.29, 0.717) is 6.20 Å². The van der Waals surface area contributed by atoms with Gasteiger partial charge < -0.3 is 5.32 Å². The molecule has 4 heterocycles. The number of hydrogen-bond acceptors (Lipinski definition) is 6. The summed E-state index contributed by atoms with van der Waals surface area (Å²) in [7, 11) is 0. The second-order valence-electron chi connectivity index (χ2n) is 6.30. The van der Waals surface area contributed by atoms with E-state index in [-0.39, 0.29) is 33.8 Å². The molecule has 0 aliphatic carbocycles. The number of nitrogens with one attached hydrogen (secondary N) is 1. The van der Waals surface area contributed by atoms with Crippen LogP contribution in [0.1, 0.15) is 11.1 Å². The fourth-order valence-electron chi connectivity index (χ4n) is 2.81.